The van der Waals surface area contributed by atoms with Crippen LogP contribution in [-0.2, 0) is 19.4 Å². The Kier molecular flexibility index (Phi) is 7.75. The predicted molar refractivity (Wildman–Crippen MR) is 114 cm³/mol. The second-order valence-electron chi connectivity index (χ2n) is 8.13. The highest BCUT2D eigenvalue weighted by Crippen LogP contribution is 2.34. The van der Waals surface area contributed by atoms with E-state index in [1.807, 2.05) is 25.1 Å². The normalized spacial score (nSPS) is 18.0. The number of ether oxygens (including phenoxy) is 1. The first-order chi connectivity index (χ1) is 13.2. The molecule has 0 unspecified atom stereocenters. The van der Waals surface area contributed by atoms with Crippen LogP contribution in [0.5, 0.6) is 0 Å². The molecule has 6 nitrogen and oxygen atoms in total. The smallest absolute Gasteiger partial charge is 0.306 e. The lowest BCUT2D eigenvalue weighted by molar-refractivity contribution is -0.141. The van der Waals surface area contributed by atoms with Crippen LogP contribution in [0.15, 0.2) is 18.2 Å². The highest BCUT2D eigenvalue weighted by atomic mass is 32.2. The molecule has 0 aromatic heterocycles. The lowest BCUT2D eigenvalue weighted by Crippen LogP contribution is -2.43. The third-order valence-corrected chi connectivity index (χ3v) is 7.21. The third kappa shape index (κ3) is 5.87. The molecular weight excluding hydrogens is 376 g/mol. The molecule has 1 fully saturated rings. The molecule has 1 saturated heterocycles. The average Bonchev–Trinajstić information content (AvgIpc) is 2.64. The van der Waals surface area contributed by atoms with Gasteiger partial charge in [0.15, 0.2) is 0 Å². The van der Waals surface area contributed by atoms with Crippen LogP contribution in [0, 0.1) is 5.92 Å². The number of sulfone groups is 1. The summed E-state index contributed by atoms with van der Waals surface area (Å²) in [5.41, 5.74) is 9.10. The number of benzene rings is 1. The average molecular weight is 411 g/mol. The maximum Gasteiger partial charge on any atom is 0.306 e. The van der Waals surface area contributed by atoms with Crippen LogP contribution in [0.1, 0.15) is 57.9 Å². The summed E-state index contributed by atoms with van der Waals surface area (Å²) in [5, 5.41) is 0. The number of nitrogens with zero attached hydrogens (tertiary/aromatic N) is 1. The first kappa shape index (κ1) is 22.5. The van der Waals surface area contributed by atoms with E-state index in [9.17, 15) is 13.2 Å². The van der Waals surface area contributed by atoms with Crippen molar-refractivity contribution in [2.45, 2.75) is 58.4 Å². The zero-order chi connectivity index (χ0) is 20.9. The number of carbonyl (C=O) groups is 1. The molecule has 1 heterocycles. The Hall–Kier alpha value is -1.76. The summed E-state index contributed by atoms with van der Waals surface area (Å²) >= 11 is 0. The number of hydrogen-bond acceptors (Lipinski definition) is 6. The van der Waals surface area contributed by atoms with Crippen molar-refractivity contribution in [2.75, 3.05) is 35.8 Å². The number of nitrogen functional groups attached to an aromatic ring is 1. The van der Waals surface area contributed by atoms with E-state index in [-0.39, 0.29) is 29.4 Å². The summed E-state index contributed by atoms with van der Waals surface area (Å²) in [6.45, 7) is 7.18. The minimum absolute atomic E-state index is 0.0715. The molecule has 28 heavy (non-hydrogen) atoms. The largest absolute Gasteiger partial charge is 0.469 e. The van der Waals surface area contributed by atoms with E-state index < -0.39 is 9.84 Å². The second-order valence-corrected chi connectivity index (χ2v) is 10.4. The van der Waals surface area contributed by atoms with Crippen molar-refractivity contribution >= 4 is 27.2 Å². The molecule has 158 valence electrons. The third-order valence-electron chi connectivity index (χ3n) is 5.49. The standard InChI is InChI=1S/C21H34N2O4S/c1-5-16(13-21(24)27-4)17-6-7-20(19(22)12-17)23(14-15(2)3)18-8-10-28(25,26)11-9-18/h6-7,12,15-16,18H,5,8-11,13-14,22H2,1-4H3/t16-/m1/s1. The molecule has 1 aliphatic rings. The Bertz CT molecular complexity index is 763. The minimum Gasteiger partial charge on any atom is -0.469 e. The summed E-state index contributed by atoms with van der Waals surface area (Å²) < 4.78 is 28.5. The fourth-order valence-corrected chi connectivity index (χ4v) is 5.36. The van der Waals surface area contributed by atoms with Crippen LogP contribution >= 0.6 is 0 Å². The maximum atomic E-state index is 11.8. The summed E-state index contributed by atoms with van der Waals surface area (Å²) in [4.78, 5) is 14.0. The number of esters is 1. The molecule has 7 heteroatoms. The number of anilines is 2. The number of carbonyl (C=O) groups excluding carboxylic acids is 1. The van der Waals surface area contributed by atoms with E-state index in [1.54, 1.807) is 0 Å². The van der Waals surface area contributed by atoms with E-state index in [4.69, 9.17) is 10.5 Å². The molecule has 2 rings (SSSR count). The van der Waals surface area contributed by atoms with E-state index in [0.717, 1.165) is 24.2 Å². The second kappa shape index (κ2) is 9.63. The van der Waals surface area contributed by atoms with Gasteiger partial charge >= 0.3 is 5.97 Å². The van der Waals surface area contributed by atoms with Crippen LogP contribution in [0.2, 0.25) is 0 Å². The lowest BCUT2D eigenvalue weighted by Gasteiger charge is -2.38. The van der Waals surface area contributed by atoms with Crippen molar-refractivity contribution in [3.63, 3.8) is 0 Å². The SMILES string of the molecule is CC[C@H](CC(=O)OC)c1ccc(N(CC(C)C)C2CCS(=O)(=O)CC2)c(N)c1. The van der Waals surface area contributed by atoms with Gasteiger partial charge in [-0.25, -0.2) is 8.42 Å². The molecule has 0 aliphatic carbocycles. The molecule has 1 aromatic rings. The van der Waals surface area contributed by atoms with Gasteiger partial charge in [-0.1, -0.05) is 26.8 Å². The van der Waals surface area contributed by atoms with Crippen LogP contribution in [-0.4, -0.2) is 45.6 Å². The van der Waals surface area contributed by atoms with Crippen molar-refractivity contribution < 1.29 is 17.9 Å². The quantitative estimate of drug-likeness (QED) is 0.522. The topological polar surface area (TPSA) is 89.7 Å². The predicted octanol–water partition coefficient (Wildman–Crippen LogP) is 3.37. The molecule has 1 aliphatic heterocycles. The molecule has 0 saturated carbocycles. The number of nitrogens with two attached hydrogens (primary N) is 1. The van der Waals surface area contributed by atoms with E-state index in [2.05, 4.69) is 18.7 Å². The zero-order valence-electron chi connectivity index (χ0n) is 17.5. The monoisotopic (exact) mass is 410 g/mol. The molecule has 0 spiro atoms. The first-order valence-corrected chi connectivity index (χ1v) is 11.9. The summed E-state index contributed by atoms with van der Waals surface area (Å²) in [5.74, 6) is 0.754. The molecule has 0 amide bonds. The van der Waals surface area contributed by atoms with Crippen molar-refractivity contribution in [2.24, 2.45) is 5.92 Å². The van der Waals surface area contributed by atoms with Crippen molar-refractivity contribution in [3.05, 3.63) is 23.8 Å². The van der Waals surface area contributed by atoms with Gasteiger partial charge in [0.1, 0.15) is 9.84 Å². The van der Waals surface area contributed by atoms with Gasteiger partial charge in [-0.2, -0.15) is 0 Å². The highest BCUT2D eigenvalue weighted by Gasteiger charge is 2.29. The van der Waals surface area contributed by atoms with Crippen molar-refractivity contribution in [3.8, 4) is 0 Å². The lowest BCUT2D eigenvalue weighted by atomic mass is 9.92. The number of rotatable bonds is 8. The Morgan fingerprint density at radius 3 is 2.43 bits per heavy atom. The minimum atomic E-state index is -2.91. The van der Waals surface area contributed by atoms with Gasteiger partial charge in [-0.05, 0) is 48.8 Å². The fourth-order valence-electron chi connectivity index (χ4n) is 3.90. The maximum absolute atomic E-state index is 11.8. The molecular formula is C21H34N2O4S. The zero-order valence-corrected chi connectivity index (χ0v) is 18.3. The Morgan fingerprint density at radius 1 is 1.29 bits per heavy atom. The van der Waals surface area contributed by atoms with Crippen LogP contribution in [0.3, 0.4) is 0 Å². The van der Waals surface area contributed by atoms with Crippen molar-refractivity contribution in [1.82, 2.24) is 0 Å². The van der Waals surface area contributed by atoms with Gasteiger partial charge in [0.25, 0.3) is 0 Å². The molecule has 0 bridgehead atoms. The van der Waals surface area contributed by atoms with E-state index in [1.165, 1.54) is 7.11 Å². The molecule has 1 aromatic carbocycles. The first-order valence-electron chi connectivity index (χ1n) is 10.1. The van der Waals surface area contributed by atoms with Gasteiger partial charge in [-0.3, -0.25) is 4.79 Å². The van der Waals surface area contributed by atoms with Gasteiger partial charge in [0.05, 0.1) is 36.4 Å². The Labute approximate surface area is 169 Å². The van der Waals surface area contributed by atoms with Gasteiger partial charge in [0.2, 0.25) is 0 Å². The van der Waals surface area contributed by atoms with Gasteiger partial charge < -0.3 is 15.4 Å². The summed E-state index contributed by atoms with van der Waals surface area (Å²) in [6, 6.07) is 6.20. The summed E-state index contributed by atoms with van der Waals surface area (Å²) in [7, 11) is -1.50. The summed E-state index contributed by atoms with van der Waals surface area (Å²) in [6.07, 6.45) is 2.43. The van der Waals surface area contributed by atoms with Gasteiger partial charge in [-0.15, -0.1) is 0 Å². The molecule has 1 atom stereocenters. The highest BCUT2D eigenvalue weighted by molar-refractivity contribution is 7.91. The fraction of sp³-hybridized carbons (Fsp3) is 0.667. The van der Waals surface area contributed by atoms with Gasteiger partial charge in [0, 0.05) is 12.6 Å². The number of methoxy groups -OCH3 is 1. The Balaban J connectivity index is 2.27. The van der Waals surface area contributed by atoms with E-state index in [0.29, 0.717) is 30.9 Å². The molecule has 0 radical (unpaired) electrons. The van der Waals surface area contributed by atoms with Crippen molar-refractivity contribution in [1.29, 1.82) is 0 Å². The van der Waals surface area contributed by atoms with Crippen LogP contribution < -0.4 is 10.6 Å². The van der Waals surface area contributed by atoms with E-state index >= 15 is 0 Å². The molecule has 2 N–H and O–H groups in total. The Morgan fingerprint density at radius 2 is 1.93 bits per heavy atom. The van der Waals surface area contributed by atoms with Crippen LogP contribution in [0.4, 0.5) is 11.4 Å². The number of hydrogen-bond donors (Lipinski definition) is 1. The van der Waals surface area contributed by atoms with Crippen LogP contribution in [0.25, 0.3) is 0 Å².